The van der Waals surface area contributed by atoms with Gasteiger partial charge in [-0.3, -0.25) is 4.40 Å². The number of aliphatic hydroxyl groups is 1. The van der Waals surface area contributed by atoms with Crippen LogP contribution in [-0.2, 0) is 6.61 Å². The van der Waals surface area contributed by atoms with Crippen LogP contribution in [0.4, 0.5) is 19.0 Å². The van der Waals surface area contributed by atoms with Gasteiger partial charge in [0.15, 0.2) is 5.82 Å². The fourth-order valence-corrected chi connectivity index (χ4v) is 2.55. The van der Waals surface area contributed by atoms with Gasteiger partial charge in [0.2, 0.25) is 0 Å². The topological polar surface area (TPSA) is 40.8 Å². The summed E-state index contributed by atoms with van der Waals surface area (Å²) in [7, 11) is 0. The summed E-state index contributed by atoms with van der Waals surface area (Å²) in [6, 6.07) is 5.43. The molecule has 4 nitrogen and oxygen atoms in total. The molecule has 1 aliphatic heterocycles. The lowest BCUT2D eigenvalue weighted by atomic mass is 10.1. The molecule has 0 amide bonds. The van der Waals surface area contributed by atoms with Crippen LogP contribution in [0.5, 0.6) is 0 Å². The lowest BCUT2D eigenvalue weighted by Crippen LogP contribution is -2.32. The van der Waals surface area contributed by atoms with Crippen LogP contribution in [0.25, 0.3) is 5.65 Å². The number of rotatable bonds is 2. The summed E-state index contributed by atoms with van der Waals surface area (Å²) in [6.07, 6.45) is -1.36. The zero-order valence-corrected chi connectivity index (χ0v) is 11.1. The van der Waals surface area contributed by atoms with Gasteiger partial charge in [0.25, 0.3) is 0 Å². The number of pyridine rings is 1. The molecule has 2 aromatic heterocycles. The molecule has 3 heterocycles. The second-order valence-electron chi connectivity index (χ2n) is 4.89. The van der Waals surface area contributed by atoms with Crippen molar-refractivity contribution in [2.45, 2.75) is 19.2 Å². The van der Waals surface area contributed by atoms with Gasteiger partial charge < -0.3 is 10.0 Å². The van der Waals surface area contributed by atoms with Crippen molar-refractivity contribution in [3.8, 4) is 0 Å². The minimum Gasteiger partial charge on any atom is -0.390 e. The van der Waals surface area contributed by atoms with Crippen LogP contribution in [0.15, 0.2) is 36.0 Å². The summed E-state index contributed by atoms with van der Waals surface area (Å²) in [4.78, 5) is 6.17. The Morgan fingerprint density at radius 3 is 2.71 bits per heavy atom. The van der Waals surface area contributed by atoms with Gasteiger partial charge >= 0.3 is 6.18 Å². The molecule has 1 aliphatic rings. The van der Waals surface area contributed by atoms with E-state index in [-0.39, 0.29) is 26.1 Å². The normalized spacial score (nSPS) is 16.4. The quantitative estimate of drug-likeness (QED) is 0.866. The Bertz CT molecular complexity index is 690. The van der Waals surface area contributed by atoms with Crippen molar-refractivity contribution < 1.29 is 18.3 Å². The number of aliphatic hydroxyl groups excluding tert-OH is 1. The van der Waals surface area contributed by atoms with E-state index in [9.17, 15) is 18.3 Å². The average Bonchev–Trinajstić information content (AvgIpc) is 2.85. The summed E-state index contributed by atoms with van der Waals surface area (Å²) in [5.41, 5.74) is 0.768. The molecule has 0 spiro atoms. The molecule has 0 bridgehead atoms. The zero-order chi connectivity index (χ0) is 15.0. The number of halogens is 3. The van der Waals surface area contributed by atoms with E-state index >= 15 is 0 Å². The Hall–Kier alpha value is -2.02. The molecule has 3 rings (SSSR count). The maximum atomic E-state index is 12.6. The van der Waals surface area contributed by atoms with Crippen LogP contribution < -0.4 is 4.90 Å². The fourth-order valence-electron chi connectivity index (χ4n) is 2.55. The number of aromatic nitrogens is 2. The Morgan fingerprint density at radius 1 is 1.29 bits per heavy atom. The van der Waals surface area contributed by atoms with E-state index in [4.69, 9.17) is 0 Å². The summed E-state index contributed by atoms with van der Waals surface area (Å²) in [6.45, 7) is 0.167. The largest absolute Gasteiger partial charge is 0.412 e. The highest BCUT2D eigenvalue weighted by Crippen LogP contribution is 2.32. The van der Waals surface area contributed by atoms with Crippen LogP contribution in [-0.4, -0.2) is 33.8 Å². The van der Waals surface area contributed by atoms with E-state index in [0.717, 1.165) is 0 Å². The summed E-state index contributed by atoms with van der Waals surface area (Å²) >= 11 is 0. The predicted molar refractivity (Wildman–Crippen MR) is 72.1 cm³/mol. The third-order valence-electron chi connectivity index (χ3n) is 3.63. The molecule has 0 saturated heterocycles. The fraction of sp³-hybridized carbons (Fsp3) is 0.357. The first-order valence-corrected chi connectivity index (χ1v) is 6.58. The SMILES string of the molecule is OCc1c(N2CC=C(C(F)(F)F)CC2)nc2ccccn12. The van der Waals surface area contributed by atoms with Gasteiger partial charge in [0, 0.05) is 24.9 Å². The van der Waals surface area contributed by atoms with E-state index in [1.54, 1.807) is 21.6 Å². The monoisotopic (exact) mass is 297 g/mol. The lowest BCUT2D eigenvalue weighted by Gasteiger charge is -2.28. The summed E-state index contributed by atoms with van der Waals surface area (Å²) < 4.78 is 39.7. The van der Waals surface area contributed by atoms with E-state index < -0.39 is 11.7 Å². The number of hydrogen-bond acceptors (Lipinski definition) is 3. The second-order valence-corrected chi connectivity index (χ2v) is 4.89. The number of hydrogen-bond donors (Lipinski definition) is 1. The minimum atomic E-state index is -4.26. The molecular formula is C14H14F3N3O. The van der Waals surface area contributed by atoms with Gasteiger partial charge in [0.05, 0.1) is 12.3 Å². The molecule has 2 aromatic rings. The number of imidazole rings is 1. The predicted octanol–water partition coefficient (Wildman–Crippen LogP) is 2.53. The molecule has 0 unspecified atom stereocenters. The molecule has 0 aliphatic carbocycles. The minimum absolute atomic E-state index is 0.0672. The van der Waals surface area contributed by atoms with Crippen LogP contribution in [0, 0.1) is 0 Å². The van der Waals surface area contributed by atoms with Crippen molar-refractivity contribution in [1.82, 2.24) is 9.38 Å². The molecule has 7 heteroatoms. The van der Waals surface area contributed by atoms with E-state index in [1.165, 1.54) is 6.08 Å². The molecule has 0 saturated carbocycles. The van der Waals surface area contributed by atoms with Gasteiger partial charge in [-0.15, -0.1) is 0 Å². The lowest BCUT2D eigenvalue weighted by molar-refractivity contribution is -0.0944. The molecule has 112 valence electrons. The molecule has 0 aromatic carbocycles. The van der Waals surface area contributed by atoms with Crippen LogP contribution in [0.1, 0.15) is 12.1 Å². The zero-order valence-electron chi connectivity index (χ0n) is 11.1. The van der Waals surface area contributed by atoms with E-state index in [1.807, 2.05) is 12.1 Å². The molecule has 0 fully saturated rings. The highest BCUT2D eigenvalue weighted by molar-refractivity contribution is 5.56. The van der Waals surface area contributed by atoms with Crippen molar-refractivity contribution >= 4 is 11.5 Å². The van der Waals surface area contributed by atoms with E-state index in [0.29, 0.717) is 17.2 Å². The molecule has 0 atom stereocenters. The highest BCUT2D eigenvalue weighted by Gasteiger charge is 2.35. The maximum absolute atomic E-state index is 12.6. The second kappa shape index (κ2) is 5.07. The first kappa shape index (κ1) is 13.9. The third-order valence-corrected chi connectivity index (χ3v) is 3.63. The van der Waals surface area contributed by atoms with Gasteiger partial charge in [-0.25, -0.2) is 4.98 Å². The first-order chi connectivity index (χ1) is 10.0. The molecule has 1 N–H and O–H groups in total. The van der Waals surface area contributed by atoms with Crippen LogP contribution in [0.2, 0.25) is 0 Å². The average molecular weight is 297 g/mol. The van der Waals surface area contributed by atoms with Gasteiger partial charge in [-0.2, -0.15) is 13.2 Å². The van der Waals surface area contributed by atoms with E-state index in [2.05, 4.69) is 4.98 Å². The Balaban J connectivity index is 1.94. The Kier molecular flexibility index (Phi) is 3.36. The summed E-state index contributed by atoms with van der Waals surface area (Å²) in [5.74, 6) is 0.543. The van der Waals surface area contributed by atoms with Crippen LogP contribution >= 0.6 is 0 Å². The summed E-state index contributed by atoms with van der Waals surface area (Å²) in [5, 5.41) is 9.53. The van der Waals surface area contributed by atoms with Crippen molar-refractivity contribution in [1.29, 1.82) is 0 Å². The van der Waals surface area contributed by atoms with Crippen molar-refractivity contribution in [3.63, 3.8) is 0 Å². The van der Waals surface area contributed by atoms with Gasteiger partial charge in [0.1, 0.15) is 5.65 Å². The van der Waals surface area contributed by atoms with Crippen molar-refractivity contribution in [3.05, 3.63) is 41.7 Å². The molecule has 0 radical (unpaired) electrons. The first-order valence-electron chi connectivity index (χ1n) is 6.58. The van der Waals surface area contributed by atoms with Crippen molar-refractivity contribution in [2.24, 2.45) is 0 Å². The highest BCUT2D eigenvalue weighted by atomic mass is 19.4. The number of anilines is 1. The van der Waals surface area contributed by atoms with Crippen molar-refractivity contribution in [2.75, 3.05) is 18.0 Å². The third kappa shape index (κ3) is 2.49. The Labute approximate surface area is 119 Å². The molecule has 21 heavy (non-hydrogen) atoms. The Morgan fingerprint density at radius 2 is 2.10 bits per heavy atom. The van der Waals surface area contributed by atoms with Gasteiger partial charge in [-0.05, 0) is 18.6 Å². The standard InChI is InChI=1S/C14H14F3N3O/c15-14(16,17)10-4-7-19(8-5-10)13-11(9-21)20-6-2-1-3-12(20)18-13/h1-4,6,21H,5,7-9H2. The molecular weight excluding hydrogens is 283 g/mol. The van der Waals surface area contributed by atoms with Gasteiger partial charge in [-0.1, -0.05) is 12.1 Å². The number of fused-ring (bicyclic) bond motifs is 1. The van der Waals surface area contributed by atoms with Crippen LogP contribution in [0.3, 0.4) is 0 Å². The maximum Gasteiger partial charge on any atom is 0.412 e. The smallest absolute Gasteiger partial charge is 0.390 e. The number of nitrogens with zero attached hydrogens (tertiary/aromatic N) is 3. The number of alkyl halides is 3.